The highest BCUT2D eigenvalue weighted by Crippen LogP contribution is 2.26. The molecule has 0 saturated carbocycles. The molecule has 5 heteroatoms. The lowest BCUT2D eigenvalue weighted by molar-refractivity contribution is -0.222. The summed E-state index contributed by atoms with van der Waals surface area (Å²) in [5.74, 6) is -2.79. The lowest BCUT2D eigenvalue weighted by atomic mass is 10.1. The van der Waals surface area contributed by atoms with E-state index in [0.717, 1.165) is 0 Å². The average molecular weight is 247 g/mol. The van der Waals surface area contributed by atoms with Gasteiger partial charge < -0.3 is 15.2 Å². The average Bonchev–Trinajstić information content (AvgIpc) is 2.27. The molecule has 2 rings (SSSR count). The number of benzene rings is 1. The molecule has 0 radical (unpaired) electrons. The van der Waals surface area contributed by atoms with E-state index in [-0.39, 0.29) is 11.3 Å². The van der Waals surface area contributed by atoms with Gasteiger partial charge in [-0.25, -0.2) is 9.59 Å². The van der Waals surface area contributed by atoms with Crippen molar-refractivity contribution in [3.05, 3.63) is 41.5 Å². The van der Waals surface area contributed by atoms with Crippen molar-refractivity contribution in [2.24, 2.45) is 5.73 Å². The molecule has 0 aromatic heterocycles. The maximum absolute atomic E-state index is 11.8. The molecule has 0 spiro atoms. The normalized spacial score (nSPS) is 18.0. The Morgan fingerprint density at radius 1 is 1.06 bits per heavy atom. The van der Waals surface area contributed by atoms with Crippen LogP contribution in [0, 0.1) is 0 Å². The van der Waals surface area contributed by atoms with Crippen molar-refractivity contribution in [2.75, 3.05) is 0 Å². The largest absolute Gasteiger partial charge is 0.419 e. The van der Waals surface area contributed by atoms with Gasteiger partial charge in [0.1, 0.15) is 0 Å². The van der Waals surface area contributed by atoms with Crippen LogP contribution in [0.2, 0.25) is 0 Å². The van der Waals surface area contributed by atoms with E-state index in [1.807, 2.05) is 6.07 Å². The summed E-state index contributed by atoms with van der Waals surface area (Å²) in [5, 5.41) is 0. The van der Waals surface area contributed by atoms with Crippen molar-refractivity contribution in [1.29, 1.82) is 0 Å². The smallest absolute Gasteiger partial charge is 0.351 e. The number of hydrogen-bond donors (Lipinski definition) is 1. The highest BCUT2D eigenvalue weighted by atomic mass is 16.7. The van der Waals surface area contributed by atoms with Gasteiger partial charge in [0.05, 0.1) is 5.70 Å². The molecule has 1 heterocycles. The second-order valence-corrected chi connectivity index (χ2v) is 4.33. The van der Waals surface area contributed by atoms with E-state index >= 15 is 0 Å². The first-order chi connectivity index (χ1) is 8.41. The Balaban J connectivity index is 2.44. The van der Waals surface area contributed by atoms with E-state index in [4.69, 9.17) is 15.2 Å². The van der Waals surface area contributed by atoms with Crippen molar-refractivity contribution >= 4 is 17.6 Å². The fourth-order valence-corrected chi connectivity index (χ4v) is 1.63. The van der Waals surface area contributed by atoms with Crippen molar-refractivity contribution < 1.29 is 19.1 Å². The summed E-state index contributed by atoms with van der Waals surface area (Å²) in [6, 6.07) is 8.71. The highest BCUT2D eigenvalue weighted by molar-refractivity contribution is 6.20. The van der Waals surface area contributed by atoms with Crippen LogP contribution in [-0.2, 0) is 19.1 Å². The third kappa shape index (κ3) is 2.20. The van der Waals surface area contributed by atoms with Gasteiger partial charge in [0.15, 0.2) is 5.57 Å². The van der Waals surface area contributed by atoms with Crippen molar-refractivity contribution in [3.8, 4) is 0 Å². The zero-order valence-electron chi connectivity index (χ0n) is 10.1. The second-order valence-electron chi connectivity index (χ2n) is 4.33. The molecule has 2 N–H and O–H groups in total. The van der Waals surface area contributed by atoms with Crippen LogP contribution in [0.3, 0.4) is 0 Å². The fraction of sp³-hybridized carbons (Fsp3) is 0.231. The van der Waals surface area contributed by atoms with Gasteiger partial charge in [-0.15, -0.1) is 0 Å². The number of nitrogens with two attached hydrogens (primary N) is 1. The number of carbonyl (C=O) groups excluding carboxylic acids is 2. The second kappa shape index (κ2) is 4.18. The summed E-state index contributed by atoms with van der Waals surface area (Å²) in [4.78, 5) is 23.5. The number of esters is 2. The molecule has 5 nitrogen and oxygen atoms in total. The number of cyclic esters (lactones) is 2. The predicted octanol–water partition coefficient (Wildman–Crippen LogP) is 1.19. The molecular weight excluding hydrogens is 234 g/mol. The van der Waals surface area contributed by atoms with Crippen molar-refractivity contribution in [2.45, 2.75) is 19.6 Å². The molecule has 0 unspecified atom stereocenters. The molecule has 0 atom stereocenters. The lowest BCUT2D eigenvalue weighted by Gasteiger charge is -2.30. The van der Waals surface area contributed by atoms with Gasteiger partial charge in [0, 0.05) is 13.8 Å². The molecule has 1 aliphatic heterocycles. The summed E-state index contributed by atoms with van der Waals surface area (Å²) in [5.41, 5.74) is 6.18. The van der Waals surface area contributed by atoms with Gasteiger partial charge in [0.2, 0.25) is 0 Å². The number of hydrogen-bond acceptors (Lipinski definition) is 5. The molecule has 94 valence electrons. The van der Waals surface area contributed by atoms with Crippen LogP contribution in [0.5, 0.6) is 0 Å². The van der Waals surface area contributed by atoms with Gasteiger partial charge in [-0.2, -0.15) is 0 Å². The van der Waals surface area contributed by atoms with Crippen LogP contribution in [-0.4, -0.2) is 17.7 Å². The molecule has 1 aliphatic rings. The van der Waals surface area contributed by atoms with E-state index < -0.39 is 17.7 Å². The molecule has 0 amide bonds. The summed E-state index contributed by atoms with van der Waals surface area (Å²) >= 11 is 0. The first kappa shape index (κ1) is 12.2. The van der Waals surface area contributed by atoms with Crippen LogP contribution in [0.25, 0.3) is 5.70 Å². The summed E-state index contributed by atoms with van der Waals surface area (Å²) < 4.78 is 9.96. The van der Waals surface area contributed by atoms with Crippen molar-refractivity contribution in [1.82, 2.24) is 0 Å². The number of ether oxygens (including phenoxy) is 2. The number of carbonyl (C=O) groups is 2. The molecule has 1 fully saturated rings. The monoisotopic (exact) mass is 247 g/mol. The zero-order chi connectivity index (χ0) is 13.3. The standard InChI is InChI=1S/C13H13NO4/c1-13(2)17-11(15)9(12(16)18-13)10(14)8-6-4-3-5-7-8/h3-7H,14H2,1-2H3. The molecule has 18 heavy (non-hydrogen) atoms. The first-order valence-electron chi connectivity index (χ1n) is 5.42. The third-order valence-electron chi connectivity index (χ3n) is 2.44. The maximum atomic E-state index is 11.8. The Labute approximate surface area is 104 Å². The van der Waals surface area contributed by atoms with Crippen LogP contribution < -0.4 is 5.73 Å². The lowest BCUT2D eigenvalue weighted by Crippen LogP contribution is -2.42. The topological polar surface area (TPSA) is 78.6 Å². The third-order valence-corrected chi connectivity index (χ3v) is 2.44. The van der Waals surface area contributed by atoms with Crippen molar-refractivity contribution in [3.63, 3.8) is 0 Å². The Hall–Kier alpha value is -2.30. The summed E-state index contributed by atoms with van der Waals surface area (Å²) in [6.45, 7) is 2.97. The van der Waals surface area contributed by atoms with Crippen LogP contribution in [0.4, 0.5) is 0 Å². The molecule has 1 aromatic rings. The van der Waals surface area contributed by atoms with Gasteiger partial charge in [-0.05, 0) is 5.56 Å². The van der Waals surface area contributed by atoms with Gasteiger partial charge in [-0.1, -0.05) is 30.3 Å². The van der Waals surface area contributed by atoms with Gasteiger partial charge in [0.25, 0.3) is 5.79 Å². The molecular formula is C13H13NO4. The molecule has 1 aromatic carbocycles. The molecule has 0 aliphatic carbocycles. The minimum absolute atomic E-state index is 0.0566. The predicted molar refractivity (Wildman–Crippen MR) is 63.8 cm³/mol. The van der Waals surface area contributed by atoms with Gasteiger partial charge in [-0.3, -0.25) is 0 Å². The highest BCUT2D eigenvalue weighted by Gasteiger charge is 2.40. The SMILES string of the molecule is CC1(C)OC(=O)C(=C(N)c2ccccc2)C(=O)O1. The molecule has 1 saturated heterocycles. The Morgan fingerprint density at radius 2 is 1.56 bits per heavy atom. The van der Waals surface area contributed by atoms with E-state index in [2.05, 4.69) is 0 Å². The van der Waals surface area contributed by atoms with Crippen LogP contribution in [0.15, 0.2) is 35.9 Å². The summed E-state index contributed by atoms with van der Waals surface area (Å²) in [7, 11) is 0. The maximum Gasteiger partial charge on any atom is 0.351 e. The first-order valence-corrected chi connectivity index (χ1v) is 5.42. The van der Waals surface area contributed by atoms with E-state index in [1.165, 1.54) is 13.8 Å². The zero-order valence-corrected chi connectivity index (χ0v) is 10.1. The van der Waals surface area contributed by atoms with E-state index in [1.54, 1.807) is 24.3 Å². The fourth-order valence-electron chi connectivity index (χ4n) is 1.63. The number of rotatable bonds is 1. The van der Waals surface area contributed by atoms with E-state index in [9.17, 15) is 9.59 Å². The van der Waals surface area contributed by atoms with Gasteiger partial charge >= 0.3 is 11.9 Å². The Morgan fingerprint density at radius 3 is 2.06 bits per heavy atom. The summed E-state index contributed by atoms with van der Waals surface area (Å²) in [6.07, 6.45) is 0. The molecule has 0 bridgehead atoms. The minimum Gasteiger partial charge on any atom is -0.419 e. The van der Waals surface area contributed by atoms with Crippen LogP contribution in [0.1, 0.15) is 19.4 Å². The Kier molecular flexibility index (Phi) is 2.82. The quantitative estimate of drug-likeness (QED) is 0.458. The Bertz CT molecular complexity index is 509. The van der Waals surface area contributed by atoms with Crippen LogP contribution >= 0.6 is 0 Å². The minimum atomic E-state index is -1.26. The van der Waals surface area contributed by atoms with E-state index in [0.29, 0.717) is 5.56 Å².